The van der Waals surface area contributed by atoms with Gasteiger partial charge in [-0.05, 0) is 6.07 Å². The number of hydrogen-bond donors (Lipinski definition) is 1. The van der Waals surface area contributed by atoms with Gasteiger partial charge in [-0.25, -0.2) is 17.9 Å². The minimum Gasteiger partial charge on any atom is -0.306 e. The normalized spacial score (nSPS) is 18.8. The number of nitro groups is 1. The Bertz CT molecular complexity index is 754. The average Bonchev–Trinajstić information content (AvgIpc) is 2.70. The van der Waals surface area contributed by atoms with E-state index in [0.29, 0.717) is 6.07 Å². The molecule has 22 heavy (non-hydrogen) atoms. The van der Waals surface area contributed by atoms with Crippen molar-refractivity contribution in [1.29, 1.82) is 0 Å². The van der Waals surface area contributed by atoms with Crippen LogP contribution in [-0.2, 0) is 14.8 Å². The summed E-state index contributed by atoms with van der Waals surface area (Å²) in [6.45, 7) is -0.0714. The Kier molecular flexibility index (Phi) is 4.36. The van der Waals surface area contributed by atoms with E-state index in [1.54, 1.807) is 0 Å². The molecule has 0 saturated carbocycles. The number of halogens is 2. The molecule has 1 aromatic rings. The van der Waals surface area contributed by atoms with E-state index in [2.05, 4.69) is 0 Å². The summed E-state index contributed by atoms with van der Waals surface area (Å²) in [4.78, 5) is 23.2. The van der Waals surface area contributed by atoms with Crippen LogP contribution in [0.3, 0.4) is 0 Å². The highest BCUT2D eigenvalue weighted by Gasteiger charge is 2.36. The highest BCUT2D eigenvalue weighted by molar-refractivity contribution is 7.89. The first kappa shape index (κ1) is 16.6. The van der Waals surface area contributed by atoms with Crippen LogP contribution in [0, 0.1) is 21.8 Å². The van der Waals surface area contributed by atoms with Crippen molar-refractivity contribution in [2.24, 2.45) is 11.1 Å². The number of nitrogens with two attached hydrogens (primary N) is 1. The van der Waals surface area contributed by atoms with E-state index < -0.39 is 44.0 Å². The monoisotopic (exact) mass is 351 g/mol. The van der Waals surface area contributed by atoms with Crippen LogP contribution < -0.4 is 10.0 Å². The molecule has 11 heteroatoms. The summed E-state index contributed by atoms with van der Waals surface area (Å²) in [5.41, 5.74) is -0.787. The molecule has 8 nitrogen and oxygen atoms in total. The topological polar surface area (TPSA) is 124 Å². The van der Waals surface area contributed by atoms with E-state index >= 15 is 0 Å². The molecular weight excluding hydrogens is 341 g/mol. The zero-order valence-electron chi connectivity index (χ0n) is 11.0. The van der Waals surface area contributed by atoms with Gasteiger partial charge in [0.15, 0.2) is 0 Å². The smallest absolute Gasteiger partial charge is 0.295 e. The summed E-state index contributed by atoms with van der Waals surface area (Å²) in [6.07, 6.45) is -0.122. The van der Waals surface area contributed by atoms with Crippen molar-refractivity contribution in [1.82, 2.24) is 0 Å². The minimum absolute atomic E-state index is 0.0714. The van der Waals surface area contributed by atoms with Crippen LogP contribution in [0.2, 0.25) is 5.02 Å². The predicted octanol–water partition coefficient (Wildman–Crippen LogP) is 1.03. The van der Waals surface area contributed by atoms with Crippen molar-refractivity contribution in [3.8, 4) is 0 Å². The SMILES string of the molecule is NS(=O)(=O)CC1CC(=O)N(c2cc(Cl)c(F)cc2[N+](=O)[O-])C1. The van der Waals surface area contributed by atoms with Crippen LogP contribution in [0.4, 0.5) is 15.8 Å². The lowest BCUT2D eigenvalue weighted by Gasteiger charge is -2.17. The standard InChI is InChI=1S/C11H11ClFN3O5S/c12-7-2-9(10(16(18)19)3-8(7)13)15-4-6(1-11(15)17)5-22(14,20)21/h2-3,6H,1,4-5H2,(H2,14,20,21). The second-order valence-electron chi connectivity index (χ2n) is 4.92. The molecule has 0 radical (unpaired) electrons. The molecule has 1 atom stereocenters. The minimum atomic E-state index is -3.78. The molecule has 120 valence electrons. The average molecular weight is 352 g/mol. The van der Waals surface area contributed by atoms with Gasteiger partial charge < -0.3 is 4.90 Å². The van der Waals surface area contributed by atoms with Crippen molar-refractivity contribution in [3.63, 3.8) is 0 Å². The molecular formula is C11H11ClFN3O5S. The summed E-state index contributed by atoms with van der Waals surface area (Å²) in [7, 11) is -3.78. The molecule has 1 unspecified atom stereocenters. The zero-order valence-corrected chi connectivity index (χ0v) is 12.6. The Hall–Kier alpha value is -1.78. The van der Waals surface area contributed by atoms with E-state index in [0.717, 1.165) is 11.0 Å². The number of sulfonamides is 1. The van der Waals surface area contributed by atoms with Gasteiger partial charge in [-0.3, -0.25) is 14.9 Å². The van der Waals surface area contributed by atoms with Crippen LogP contribution in [0.25, 0.3) is 0 Å². The first-order chi connectivity index (χ1) is 10.1. The fraction of sp³-hybridized carbons (Fsp3) is 0.364. The van der Waals surface area contributed by atoms with Crippen molar-refractivity contribution in [2.75, 3.05) is 17.2 Å². The number of anilines is 1. The second-order valence-corrected chi connectivity index (χ2v) is 6.98. The van der Waals surface area contributed by atoms with E-state index in [4.69, 9.17) is 16.7 Å². The molecule has 1 aliphatic heterocycles. The van der Waals surface area contributed by atoms with Gasteiger partial charge in [0.1, 0.15) is 11.5 Å². The van der Waals surface area contributed by atoms with E-state index in [-0.39, 0.29) is 23.7 Å². The Morgan fingerprint density at radius 3 is 2.68 bits per heavy atom. The van der Waals surface area contributed by atoms with Gasteiger partial charge >= 0.3 is 0 Å². The molecule has 1 fully saturated rings. The number of benzene rings is 1. The molecule has 0 bridgehead atoms. The number of nitrogens with zero attached hydrogens (tertiary/aromatic N) is 2. The van der Waals surface area contributed by atoms with Crippen LogP contribution in [-0.4, -0.2) is 31.5 Å². The van der Waals surface area contributed by atoms with Gasteiger partial charge in [0.05, 0.1) is 21.8 Å². The Balaban J connectivity index is 2.38. The third-order valence-electron chi connectivity index (χ3n) is 3.18. The summed E-state index contributed by atoms with van der Waals surface area (Å²) >= 11 is 5.61. The number of carbonyl (C=O) groups excluding carboxylic acids is 1. The third kappa shape index (κ3) is 3.51. The molecule has 1 heterocycles. The molecule has 1 amide bonds. The predicted molar refractivity (Wildman–Crippen MR) is 76.5 cm³/mol. The molecule has 0 aliphatic carbocycles. The highest BCUT2D eigenvalue weighted by Crippen LogP contribution is 2.36. The number of nitro benzene ring substituents is 1. The molecule has 2 N–H and O–H groups in total. The first-order valence-corrected chi connectivity index (χ1v) is 8.12. The van der Waals surface area contributed by atoms with E-state index in [1.807, 2.05) is 0 Å². The molecule has 0 aromatic heterocycles. The summed E-state index contributed by atoms with van der Waals surface area (Å²) in [5, 5.41) is 15.6. The van der Waals surface area contributed by atoms with Crippen LogP contribution in [0.15, 0.2) is 12.1 Å². The number of rotatable bonds is 4. The molecule has 0 spiro atoms. The Morgan fingerprint density at radius 1 is 1.50 bits per heavy atom. The molecule has 1 aromatic carbocycles. The lowest BCUT2D eigenvalue weighted by molar-refractivity contribution is -0.384. The van der Waals surface area contributed by atoms with E-state index in [1.165, 1.54) is 0 Å². The van der Waals surface area contributed by atoms with Crippen LogP contribution in [0.1, 0.15) is 6.42 Å². The maximum absolute atomic E-state index is 13.4. The summed E-state index contributed by atoms with van der Waals surface area (Å²) in [6, 6.07) is 1.60. The van der Waals surface area contributed by atoms with Gasteiger partial charge in [0, 0.05) is 18.9 Å². The molecule has 1 saturated heterocycles. The second kappa shape index (κ2) is 5.78. The summed E-state index contributed by atoms with van der Waals surface area (Å²) in [5.74, 6) is -2.51. The molecule has 2 rings (SSSR count). The van der Waals surface area contributed by atoms with Gasteiger partial charge in [0.25, 0.3) is 5.69 Å². The Labute approximate surface area is 129 Å². The lowest BCUT2D eigenvalue weighted by atomic mass is 10.1. The highest BCUT2D eigenvalue weighted by atomic mass is 35.5. The molecule has 1 aliphatic rings. The fourth-order valence-electron chi connectivity index (χ4n) is 2.34. The fourth-order valence-corrected chi connectivity index (χ4v) is 3.38. The summed E-state index contributed by atoms with van der Waals surface area (Å²) < 4.78 is 35.5. The number of hydrogen-bond acceptors (Lipinski definition) is 5. The third-order valence-corrected chi connectivity index (χ3v) is 4.40. The van der Waals surface area contributed by atoms with Crippen LogP contribution in [0.5, 0.6) is 0 Å². The largest absolute Gasteiger partial charge is 0.306 e. The Morgan fingerprint density at radius 2 is 2.14 bits per heavy atom. The number of amides is 1. The first-order valence-electron chi connectivity index (χ1n) is 6.02. The van der Waals surface area contributed by atoms with Crippen molar-refractivity contribution < 1.29 is 22.5 Å². The van der Waals surface area contributed by atoms with Crippen molar-refractivity contribution in [2.45, 2.75) is 6.42 Å². The number of primary sulfonamides is 1. The van der Waals surface area contributed by atoms with Gasteiger partial charge in [0.2, 0.25) is 15.9 Å². The van der Waals surface area contributed by atoms with Gasteiger partial charge in [-0.15, -0.1) is 0 Å². The quantitative estimate of drug-likeness (QED) is 0.640. The number of carbonyl (C=O) groups is 1. The van der Waals surface area contributed by atoms with Crippen molar-refractivity contribution >= 4 is 38.9 Å². The van der Waals surface area contributed by atoms with Gasteiger partial charge in [-0.2, -0.15) is 0 Å². The van der Waals surface area contributed by atoms with E-state index in [9.17, 15) is 27.7 Å². The zero-order chi connectivity index (χ0) is 16.7. The maximum Gasteiger partial charge on any atom is 0.295 e. The van der Waals surface area contributed by atoms with Crippen molar-refractivity contribution in [3.05, 3.63) is 33.1 Å². The maximum atomic E-state index is 13.4. The lowest BCUT2D eigenvalue weighted by Crippen LogP contribution is -2.28. The van der Waals surface area contributed by atoms with Gasteiger partial charge in [-0.1, -0.05) is 11.6 Å². The van der Waals surface area contributed by atoms with Crippen LogP contribution >= 0.6 is 11.6 Å².